The van der Waals surface area contributed by atoms with E-state index in [2.05, 4.69) is 31.2 Å². The summed E-state index contributed by atoms with van der Waals surface area (Å²) in [6.07, 6.45) is 6.14. The molecular formula is C17H27ClN2O. The monoisotopic (exact) mass is 310 g/mol. The Morgan fingerprint density at radius 1 is 1.29 bits per heavy atom. The average Bonchev–Trinajstić information content (AvgIpc) is 2.46. The molecule has 1 atom stereocenters. The Hall–Kier alpha value is -1.06. The first-order chi connectivity index (χ1) is 9.69. The normalized spacial score (nSPS) is 18.2. The third kappa shape index (κ3) is 5.68. The molecule has 1 saturated heterocycles. The summed E-state index contributed by atoms with van der Waals surface area (Å²) in [5, 5.41) is 0. The summed E-state index contributed by atoms with van der Waals surface area (Å²) < 4.78 is 0. The highest BCUT2D eigenvalue weighted by Crippen LogP contribution is 2.12. The summed E-state index contributed by atoms with van der Waals surface area (Å²) in [5.41, 5.74) is 8.40. The maximum Gasteiger partial charge on any atom is 0.227 e. The molecule has 0 spiro atoms. The fraction of sp³-hybridized carbons (Fsp3) is 0.588. The maximum atomic E-state index is 12.2. The average molecular weight is 311 g/mol. The molecule has 0 saturated carbocycles. The highest BCUT2D eigenvalue weighted by Gasteiger charge is 2.21. The lowest BCUT2D eigenvalue weighted by Gasteiger charge is -2.30. The lowest BCUT2D eigenvalue weighted by Crippen LogP contribution is -2.46. The topological polar surface area (TPSA) is 46.3 Å². The highest BCUT2D eigenvalue weighted by molar-refractivity contribution is 5.85. The number of hydrogen-bond acceptors (Lipinski definition) is 2. The maximum absolute atomic E-state index is 12.2. The predicted octanol–water partition coefficient (Wildman–Crippen LogP) is 2.94. The van der Waals surface area contributed by atoms with Crippen molar-refractivity contribution in [2.24, 2.45) is 5.73 Å². The first kappa shape index (κ1) is 18.0. The van der Waals surface area contributed by atoms with Gasteiger partial charge < -0.3 is 10.6 Å². The van der Waals surface area contributed by atoms with Crippen LogP contribution in [0.5, 0.6) is 0 Å². The molecule has 1 aromatic carbocycles. The molecule has 0 radical (unpaired) electrons. The van der Waals surface area contributed by atoms with Gasteiger partial charge >= 0.3 is 0 Å². The second kappa shape index (κ2) is 9.06. The van der Waals surface area contributed by atoms with Crippen LogP contribution in [0.4, 0.5) is 0 Å². The standard InChI is InChI=1S/C17H26N2O.ClH/c1-2-3-5-14-7-9-15(10-8-14)12-17(20)19-11-4-6-16(18)13-19;/h7-10,16H,2-6,11-13,18H2,1H3;1H. The number of aryl methyl sites for hydroxylation is 1. The molecular weight excluding hydrogens is 284 g/mol. The van der Waals surface area contributed by atoms with Crippen molar-refractivity contribution < 1.29 is 4.79 Å². The SMILES string of the molecule is CCCCc1ccc(CC(=O)N2CCCC(N)C2)cc1.Cl. The van der Waals surface area contributed by atoms with E-state index >= 15 is 0 Å². The summed E-state index contributed by atoms with van der Waals surface area (Å²) in [5.74, 6) is 0.210. The van der Waals surface area contributed by atoms with Crippen LogP contribution in [0.3, 0.4) is 0 Å². The second-order valence-electron chi connectivity index (χ2n) is 5.84. The van der Waals surface area contributed by atoms with E-state index in [4.69, 9.17) is 5.73 Å². The van der Waals surface area contributed by atoms with Crippen LogP contribution in [0.2, 0.25) is 0 Å². The molecule has 4 heteroatoms. The number of piperidine rings is 1. The smallest absolute Gasteiger partial charge is 0.227 e. The molecule has 1 aliphatic heterocycles. The molecule has 2 rings (SSSR count). The number of nitrogens with two attached hydrogens (primary N) is 1. The molecule has 1 fully saturated rings. The quantitative estimate of drug-likeness (QED) is 0.909. The molecule has 1 amide bonds. The van der Waals surface area contributed by atoms with Gasteiger partial charge in [0.2, 0.25) is 5.91 Å². The molecule has 0 aromatic heterocycles. The second-order valence-corrected chi connectivity index (χ2v) is 5.84. The van der Waals surface area contributed by atoms with Gasteiger partial charge in [-0.2, -0.15) is 0 Å². The molecule has 3 nitrogen and oxygen atoms in total. The van der Waals surface area contributed by atoms with Crippen molar-refractivity contribution in [2.75, 3.05) is 13.1 Å². The van der Waals surface area contributed by atoms with Crippen LogP contribution in [0.25, 0.3) is 0 Å². The third-order valence-corrected chi connectivity index (χ3v) is 4.01. The lowest BCUT2D eigenvalue weighted by molar-refractivity contribution is -0.131. The van der Waals surface area contributed by atoms with Crippen molar-refractivity contribution in [3.63, 3.8) is 0 Å². The van der Waals surface area contributed by atoms with Crippen molar-refractivity contribution in [2.45, 2.75) is 51.5 Å². The van der Waals surface area contributed by atoms with Gasteiger partial charge in [-0.05, 0) is 36.8 Å². The van der Waals surface area contributed by atoms with Crippen LogP contribution in [-0.2, 0) is 17.6 Å². The molecule has 21 heavy (non-hydrogen) atoms. The van der Waals surface area contributed by atoms with Gasteiger partial charge in [-0.15, -0.1) is 12.4 Å². The first-order valence-electron chi connectivity index (χ1n) is 7.80. The van der Waals surface area contributed by atoms with E-state index in [1.54, 1.807) is 0 Å². The molecule has 1 heterocycles. The van der Waals surface area contributed by atoms with Crippen LogP contribution < -0.4 is 5.73 Å². The number of likely N-dealkylation sites (tertiary alicyclic amines) is 1. The Balaban J connectivity index is 0.00000220. The minimum Gasteiger partial charge on any atom is -0.341 e. The van der Waals surface area contributed by atoms with Gasteiger partial charge in [0.05, 0.1) is 6.42 Å². The summed E-state index contributed by atoms with van der Waals surface area (Å²) in [7, 11) is 0. The fourth-order valence-corrected chi connectivity index (χ4v) is 2.73. The van der Waals surface area contributed by atoms with Crippen LogP contribution >= 0.6 is 12.4 Å². The Labute approximate surface area is 134 Å². The Morgan fingerprint density at radius 2 is 1.95 bits per heavy atom. The zero-order valence-corrected chi connectivity index (χ0v) is 13.7. The van der Waals surface area contributed by atoms with Crippen LogP contribution in [0, 0.1) is 0 Å². The number of benzene rings is 1. The molecule has 1 aliphatic rings. The molecule has 2 N–H and O–H groups in total. The number of unbranched alkanes of at least 4 members (excludes halogenated alkanes) is 1. The van der Waals surface area contributed by atoms with E-state index < -0.39 is 0 Å². The molecule has 1 unspecified atom stereocenters. The van der Waals surface area contributed by atoms with E-state index in [0.29, 0.717) is 13.0 Å². The first-order valence-corrected chi connectivity index (χ1v) is 7.80. The van der Waals surface area contributed by atoms with Gasteiger partial charge in [-0.3, -0.25) is 4.79 Å². The van der Waals surface area contributed by atoms with Gasteiger partial charge in [0.25, 0.3) is 0 Å². The fourth-order valence-electron chi connectivity index (χ4n) is 2.73. The summed E-state index contributed by atoms with van der Waals surface area (Å²) in [4.78, 5) is 14.2. The Bertz CT molecular complexity index is 433. The number of carbonyl (C=O) groups is 1. The van der Waals surface area contributed by atoms with Crippen molar-refractivity contribution in [3.05, 3.63) is 35.4 Å². The number of nitrogens with zero attached hydrogens (tertiary/aromatic N) is 1. The molecule has 0 bridgehead atoms. The lowest BCUT2D eigenvalue weighted by atomic mass is 10.0. The summed E-state index contributed by atoms with van der Waals surface area (Å²) in [6, 6.07) is 8.64. The van der Waals surface area contributed by atoms with Crippen molar-refractivity contribution in [1.29, 1.82) is 0 Å². The number of rotatable bonds is 5. The number of hydrogen-bond donors (Lipinski definition) is 1. The van der Waals surface area contributed by atoms with Crippen LogP contribution in [-0.4, -0.2) is 29.9 Å². The molecule has 1 aromatic rings. The van der Waals surface area contributed by atoms with E-state index in [1.807, 2.05) is 4.90 Å². The van der Waals surface area contributed by atoms with E-state index in [9.17, 15) is 4.79 Å². The van der Waals surface area contributed by atoms with E-state index in [0.717, 1.165) is 31.4 Å². The van der Waals surface area contributed by atoms with Crippen molar-refractivity contribution in [1.82, 2.24) is 4.90 Å². The van der Waals surface area contributed by atoms with Gasteiger partial charge in [0, 0.05) is 19.1 Å². The predicted molar refractivity (Wildman–Crippen MR) is 89.8 cm³/mol. The minimum atomic E-state index is 0. The van der Waals surface area contributed by atoms with Gasteiger partial charge in [-0.1, -0.05) is 37.6 Å². The van der Waals surface area contributed by atoms with Gasteiger partial charge in [-0.25, -0.2) is 0 Å². The zero-order chi connectivity index (χ0) is 14.4. The number of carbonyl (C=O) groups excluding carboxylic acids is 1. The van der Waals surface area contributed by atoms with Crippen LogP contribution in [0.1, 0.15) is 43.7 Å². The Kier molecular flexibility index (Phi) is 7.76. The van der Waals surface area contributed by atoms with Crippen molar-refractivity contribution in [3.8, 4) is 0 Å². The number of amides is 1. The zero-order valence-electron chi connectivity index (χ0n) is 12.9. The van der Waals surface area contributed by atoms with Gasteiger partial charge in [0.15, 0.2) is 0 Å². The Morgan fingerprint density at radius 3 is 2.57 bits per heavy atom. The largest absolute Gasteiger partial charge is 0.341 e. The van der Waals surface area contributed by atoms with Gasteiger partial charge in [0.1, 0.15) is 0 Å². The summed E-state index contributed by atoms with van der Waals surface area (Å²) >= 11 is 0. The van der Waals surface area contributed by atoms with Crippen molar-refractivity contribution >= 4 is 18.3 Å². The minimum absolute atomic E-state index is 0. The van der Waals surface area contributed by atoms with E-state index in [-0.39, 0.29) is 24.4 Å². The van der Waals surface area contributed by atoms with E-state index in [1.165, 1.54) is 18.4 Å². The third-order valence-electron chi connectivity index (χ3n) is 4.01. The van der Waals surface area contributed by atoms with Crippen LogP contribution in [0.15, 0.2) is 24.3 Å². The summed E-state index contributed by atoms with van der Waals surface area (Å²) in [6.45, 7) is 3.78. The number of halogens is 1. The highest BCUT2D eigenvalue weighted by atomic mass is 35.5. The molecule has 0 aliphatic carbocycles. The molecule has 118 valence electrons.